The molecule has 0 unspecified atom stereocenters. The molecule has 1 atom stereocenters. The highest BCUT2D eigenvalue weighted by Crippen LogP contribution is 2.41. The highest BCUT2D eigenvalue weighted by Gasteiger charge is 2.42. The lowest BCUT2D eigenvalue weighted by atomic mass is 10.1. The van der Waals surface area contributed by atoms with Crippen LogP contribution in [0.2, 0.25) is 0 Å². The molecule has 0 bridgehead atoms. The number of para-hydroxylation sites is 1. The Kier molecular flexibility index (Phi) is 3.98. The molecule has 1 aromatic heterocycles. The van der Waals surface area contributed by atoms with Gasteiger partial charge < -0.3 is 4.52 Å². The molecule has 4 rings (SSSR count). The molecule has 0 N–H and O–H groups in total. The quantitative estimate of drug-likeness (QED) is 0.696. The maximum Gasteiger partial charge on any atom is 0.335 e. The predicted molar refractivity (Wildman–Crippen MR) is 89.7 cm³/mol. The highest BCUT2D eigenvalue weighted by atomic mass is 19.3. The van der Waals surface area contributed by atoms with E-state index in [-0.39, 0.29) is 11.8 Å². The second-order valence-electron chi connectivity index (χ2n) is 6.28. The van der Waals surface area contributed by atoms with Crippen LogP contribution in [0.1, 0.15) is 35.8 Å². The first-order valence-corrected chi connectivity index (χ1v) is 8.23. The van der Waals surface area contributed by atoms with E-state index in [1.165, 1.54) is 11.8 Å². The number of hydrogen-bond donors (Lipinski definition) is 0. The zero-order valence-electron chi connectivity index (χ0n) is 14.2. The van der Waals surface area contributed by atoms with Gasteiger partial charge in [-0.3, -0.25) is 9.69 Å². The molecule has 2 heterocycles. The maximum atomic E-state index is 14.7. The van der Waals surface area contributed by atoms with Crippen molar-refractivity contribution in [2.45, 2.75) is 25.3 Å². The number of nitrogens with zero attached hydrogens (tertiary/aromatic N) is 3. The Bertz CT molecular complexity index is 1000. The molecule has 2 aromatic carbocycles. The fourth-order valence-corrected chi connectivity index (χ4v) is 3.26. The summed E-state index contributed by atoms with van der Waals surface area (Å²) >= 11 is 0. The third-order valence-electron chi connectivity index (χ3n) is 4.53. The number of fused-ring (bicyclic) bond motifs is 1. The van der Waals surface area contributed by atoms with Crippen molar-refractivity contribution in [2.75, 3.05) is 4.90 Å². The Labute approximate surface area is 152 Å². The SMILES string of the molecule is CC(=O)N1c2ccccc2C[C@H]1c1nc(C(F)(F)c2ccc(F)cc2)no1. The van der Waals surface area contributed by atoms with E-state index in [1.807, 2.05) is 12.1 Å². The van der Waals surface area contributed by atoms with Crippen LogP contribution >= 0.6 is 0 Å². The molecule has 1 amide bonds. The Morgan fingerprint density at radius 1 is 1.19 bits per heavy atom. The van der Waals surface area contributed by atoms with Gasteiger partial charge in [0.25, 0.3) is 0 Å². The number of anilines is 1. The topological polar surface area (TPSA) is 59.2 Å². The summed E-state index contributed by atoms with van der Waals surface area (Å²) in [6, 6.07) is 10.4. The smallest absolute Gasteiger partial charge is 0.335 e. The summed E-state index contributed by atoms with van der Waals surface area (Å²) in [7, 11) is 0. The highest BCUT2D eigenvalue weighted by molar-refractivity contribution is 5.94. The monoisotopic (exact) mass is 373 g/mol. The molecular formula is C19H14F3N3O2. The number of aromatic nitrogens is 2. The molecular weight excluding hydrogens is 359 g/mol. The van der Waals surface area contributed by atoms with Gasteiger partial charge in [0.05, 0.1) is 0 Å². The number of rotatable bonds is 3. The zero-order chi connectivity index (χ0) is 19.2. The van der Waals surface area contributed by atoms with E-state index < -0.39 is 29.2 Å². The van der Waals surface area contributed by atoms with E-state index in [1.54, 1.807) is 12.1 Å². The molecule has 8 heteroatoms. The van der Waals surface area contributed by atoms with Crippen molar-refractivity contribution in [1.29, 1.82) is 0 Å². The van der Waals surface area contributed by atoms with Crippen LogP contribution in [0.5, 0.6) is 0 Å². The number of carbonyl (C=O) groups is 1. The lowest BCUT2D eigenvalue weighted by Gasteiger charge is -2.21. The van der Waals surface area contributed by atoms with Crippen molar-refractivity contribution >= 4 is 11.6 Å². The second kappa shape index (κ2) is 6.22. The van der Waals surface area contributed by atoms with Crippen LogP contribution in [0, 0.1) is 5.82 Å². The molecule has 5 nitrogen and oxygen atoms in total. The van der Waals surface area contributed by atoms with Gasteiger partial charge in [0.15, 0.2) is 0 Å². The third-order valence-corrected chi connectivity index (χ3v) is 4.53. The number of amides is 1. The Morgan fingerprint density at radius 3 is 2.59 bits per heavy atom. The largest absolute Gasteiger partial charge is 0.337 e. The molecule has 0 saturated carbocycles. The minimum Gasteiger partial charge on any atom is -0.337 e. The van der Waals surface area contributed by atoms with Crippen LogP contribution in [0.15, 0.2) is 53.1 Å². The van der Waals surface area contributed by atoms with Crippen LogP contribution in [0.25, 0.3) is 0 Å². The van der Waals surface area contributed by atoms with Crippen LogP contribution in [0.4, 0.5) is 18.9 Å². The van der Waals surface area contributed by atoms with E-state index >= 15 is 0 Å². The molecule has 0 aliphatic carbocycles. The molecule has 138 valence electrons. The lowest BCUT2D eigenvalue weighted by Crippen LogP contribution is -2.30. The molecule has 0 radical (unpaired) electrons. The first kappa shape index (κ1) is 17.3. The summed E-state index contributed by atoms with van der Waals surface area (Å²) in [5.41, 5.74) is 1.14. The van der Waals surface area contributed by atoms with E-state index in [9.17, 15) is 18.0 Å². The van der Waals surface area contributed by atoms with Gasteiger partial charge in [0.2, 0.25) is 17.6 Å². The average molecular weight is 373 g/mol. The van der Waals surface area contributed by atoms with Gasteiger partial charge in [0, 0.05) is 24.6 Å². The summed E-state index contributed by atoms with van der Waals surface area (Å²) in [5, 5.41) is 3.42. The summed E-state index contributed by atoms with van der Waals surface area (Å²) in [4.78, 5) is 17.4. The molecule has 1 aliphatic rings. The van der Waals surface area contributed by atoms with Crippen molar-refractivity contribution in [2.24, 2.45) is 0 Å². The van der Waals surface area contributed by atoms with Crippen molar-refractivity contribution in [3.05, 3.63) is 77.2 Å². The fraction of sp³-hybridized carbons (Fsp3) is 0.211. The van der Waals surface area contributed by atoms with E-state index in [4.69, 9.17) is 4.52 Å². The first-order valence-electron chi connectivity index (χ1n) is 8.23. The summed E-state index contributed by atoms with van der Waals surface area (Å²) < 4.78 is 47.4. The molecule has 27 heavy (non-hydrogen) atoms. The van der Waals surface area contributed by atoms with Gasteiger partial charge in [-0.15, -0.1) is 0 Å². The van der Waals surface area contributed by atoms with E-state index in [0.717, 1.165) is 29.8 Å². The molecule has 0 spiro atoms. The summed E-state index contributed by atoms with van der Waals surface area (Å²) in [6.07, 6.45) is 0.388. The van der Waals surface area contributed by atoms with Crippen LogP contribution in [-0.4, -0.2) is 16.0 Å². The van der Waals surface area contributed by atoms with Crippen molar-refractivity contribution < 1.29 is 22.5 Å². The van der Waals surface area contributed by atoms with Gasteiger partial charge in [-0.25, -0.2) is 4.39 Å². The number of alkyl halides is 2. The summed E-state index contributed by atoms with van der Waals surface area (Å²) in [5.74, 6) is -5.33. The number of benzene rings is 2. The summed E-state index contributed by atoms with van der Waals surface area (Å²) in [6.45, 7) is 1.39. The van der Waals surface area contributed by atoms with Gasteiger partial charge in [-0.05, 0) is 35.9 Å². The van der Waals surface area contributed by atoms with Gasteiger partial charge >= 0.3 is 5.92 Å². The first-order chi connectivity index (χ1) is 12.9. The third kappa shape index (κ3) is 2.87. The van der Waals surface area contributed by atoms with Gasteiger partial charge in [0.1, 0.15) is 11.9 Å². The van der Waals surface area contributed by atoms with E-state index in [2.05, 4.69) is 10.1 Å². The Morgan fingerprint density at radius 2 is 1.89 bits per heavy atom. The molecule has 1 aliphatic heterocycles. The molecule has 0 saturated heterocycles. The Balaban J connectivity index is 1.68. The van der Waals surface area contributed by atoms with E-state index in [0.29, 0.717) is 12.1 Å². The van der Waals surface area contributed by atoms with Crippen molar-refractivity contribution in [1.82, 2.24) is 10.1 Å². The van der Waals surface area contributed by atoms with Crippen LogP contribution in [0.3, 0.4) is 0 Å². The van der Waals surface area contributed by atoms with Crippen molar-refractivity contribution in [3.8, 4) is 0 Å². The number of carbonyl (C=O) groups excluding carboxylic acids is 1. The average Bonchev–Trinajstić information content (AvgIpc) is 3.27. The van der Waals surface area contributed by atoms with Crippen LogP contribution in [-0.2, 0) is 17.1 Å². The second-order valence-corrected chi connectivity index (χ2v) is 6.28. The zero-order valence-corrected chi connectivity index (χ0v) is 14.2. The van der Waals surface area contributed by atoms with Gasteiger partial charge in [-0.2, -0.15) is 13.8 Å². The molecule has 3 aromatic rings. The minimum atomic E-state index is -3.55. The molecule has 0 fully saturated rings. The Hall–Kier alpha value is -3.16. The standard InChI is InChI=1S/C19H14F3N3O2/c1-11(26)25-15-5-3-2-4-12(15)10-16(25)17-23-18(24-27-17)19(21,22)13-6-8-14(20)9-7-13/h2-9,16H,10H2,1H3/t16-/m0/s1. The predicted octanol–water partition coefficient (Wildman–Crippen LogP) is 4.00. The number of hydrogen-bond acceptors (Lipinski definition) is 4. The van der Waals surface area contributed by atoms with Gasteiger partial charge in [-0.1, -0.05) is 23.4 Å². The fourth-order valence-electron chi connectivity index (χ4n) is 3.26. The normalized spacial score (nSPS) is 16.4. The maximum absolute atomic E-state index is 14.7. The lowest BCUT2D eigenvalue weighted by molar-refractivity contribution is -0.117. The van der Waals surface area contributed by atoms with Crippen LogP contribution < -0.4 is 4.90 Å². The number of halogens is 3. The van der Waals surface area contributed by atoms with Crippen molar-refractivity contribution in [3.63, 3.8) is 0 Å². The minimum absolute atomic E-state index is 0.0711.